The summed E-state index contributed by atoms with van der Waals surface area (Å²) in [6, 6.07) is 15.7. The van der Waals surface area contributed by atoms with E-state index in [0.717, 1.165) is 46.2 Å². The Balaban J connectivity index is 1.73. The normalized spacial score (nSPS) is 10.8. The van der Waals surface area contributed by atoms with Crippen LogP contribution in [0, 0.1) is 0 Å². The van der Waals surface area contributed by atoms with Crippen molar-refractivity contribution in [2.24, 2.45) is 0 Å². The Bertz CT molecular complexity index is 976. The summed E-state index contributed by atoms with van der Waals surface area (Å²) >= 11 is 1.66. The highest BCUT2D eigenvalue weighted by Gasteiger charge is 2.10. The van der Waals surface area contributed by atoms with Crippen LogP contribution in [-0.2, 0) is 0 Å². The maximum absolute atomic E-state index is 12.3. The van der Waals surface area contributed by atoms with Crippen LogP contribution in [0.2, 0.25) is 0 Å². The van der Waals surface area contributed by atoms with E-state index in [-0.39, 0.29) is 11.8 Å². The van der Waals surface area contributed by atoms with Gasteiger partial charge in [0.2, 0.25) is 0 Å². The zero-order chi connectivity index (χ0) is 20.6. The number of benzene rings is 2. The molecule has 152 valence electrons. The second-order valence-electron chi connectivity index (χ2n) is 7.16. The maximum atomic E-state index is 12.3. The van der Waals surface area contributed by atoms with Gasteiger partial charge in [0.05, 0.1) is 0 Å². The van der Waals surface area contributed by atoms with Crippen molar-refractivity contribution in [1.82, 2.24) is 10.6 Å². The Morgan fingerprint density at radius 2 is 1.38 bits per heavy atom. The van der Waals surface area contributed by atoms with E-state index in [1.54, 1.807) is 11.3 Å². The van der Waals surface area contributed by atoms with E-state index in [0.29, 0.717) is 24.2 Å². The number of thiophene rings is 1. The minimum Gasteiger partial charge on any atom is -0.352 e. The van der Waals surface area contributed by atoms with Crippen LogP contribution in [0.1, 0.15) is 60.2 Å². The van der Waals surface area contributed by atoms with E-state index in [1.807, 2.05) is 42.5 Å². The largest absolute Gasteiger partial charge is 0.352 e. The topological polar surface area (TPSA) is 58.2 Å². The third kappa shape index (κ3) is 5.45. The fourth-order valence-corrected chi connectivity index (χ4v) is 4.17. The molecule has 0 spiro atoms. The smallest absolute Gasteiger partial charge is 0.251 e. The summed E-state index contributed by atoms with van der Waals surface area (Å²) in [4.78, 5) is 25.6. The summed E-state index contributed by atoms with van der Waals surface area (Å²) in [7, 11) is 0. The SMILES string of the molecule is CCCCNC(=O)c1ccc(-c2cc3ccc(C(=O)NCCCC)cc3s2)cc1. The first-order chi connectivity index (χ1) is 14.1. The minimum atomic E-state index is -0.0277. The molecule has 0 atom stereocenters. The van der Waals surface area contributed by atoms with Gasteiger partial charge in [-0.15, -0.1) is 11.3 Å². The van der Waals surface area contributed by atoms with E-state index < -0.39 is 0 Å². The van der Waals surface area contributed by atoms with Crippen molar-refractivity contribution in [2.75, 3.05) is 13.1 Å². The predicted molar refractivity (Wildman–Crippen MR) is 122 cm³/mol. The number of carbonyl (C=O) groups is 2. The van der Waals surface area contributed by atoms with E-state index >= 15 is 0 Å². The van der Waals surface area contributed by atoms with Gasteiger partial charge in [0, 0.05) is 33.8 Å². The quantitative estimate of drug-likeness (QED) is 0.451. The van der Waals surface area contributed by atoms with Crippen LogP contribution in [0.4, 0.5) is 0 Å². The van der Waals surface area contributed by atoms with Gasteiger partial charge in [-0.25, -0.2) is 0 Å². The second-order valence-corrected chi connectivity index (χ2v) is 8.24. The lowest BCUT2D eigenvalue weighted by Gasteiger charge is -2.05. The van der Waals surface area contributed by atoms with Gasteiger partial charge in [-0.05, 0) is 54.1 Å². The van der Waals surface area contributed by atoms with Crippen molar-refractivity contribution < 1.29 is 9.59 Å². The van der Waals surface area contributed by atoms with Crippen LogP contribution in [0.25, 0.3) is 20.5 Å². The Hall–Kier alpha value is -2.66. The molecule has 0 bridgehead atoms. The molecule has 0 saturated carbocycles. The molecular weight excluding hydrogens is 380 g/mol. The lowest BCUT2D eigenvalue weighted by Crippen LogP contribution is -2.24. The first-order valence-electron chi connectivity index (χ1n) is 10.3. The van der Waals surface area contributed by atoms with Crippen LogP contribution < -0.4 is 10.6 Å². The molecule has 1 aromatic heterocycles. The van der Waals surface area contributed by atoms with Crippen molar-refractivity contribution in [3.05, 3.63) is 59.7 Å². The average Bonchev–Trinajstić information content (AvgIpc) is 3.17. The number of unbranched alkanes of at least 4 members (excludes halogenated alkanes) is 2. The van der Waals surface area contributed by atoms with Gasteiger partial charge in [0.25, 0.3) is 11.8 Å². The number of nitrogens with one attached hydrogen (secondary N) is 2. The molecule has 3 aromatic rings. The third-order valence-electron chi connectivity index (χ3n) is 4.85. The fourth-order valence-electron chi connectivity index (χ4n) is 3.06. The molecule has 3 rings (SSSR count). The van der Waals surface area contributed by atoms with Crippen molar-refractivity contribution >= 4 is 33.2 Å². The van der Waals surface area contributed by atoms with E-state index in [9.17, 15) is 9.59 Å². The molecule has 0 unspecified atom stereocenters. The molecule has 0 aliphatic rings. The summed E-state index contributed by atoms with van der Waals surface area (Å²) in [6.45, 7) is 5.63. The highest BCUT2D eigenvalue weighted by molar-refractivity contribution is 7.22. The molecule has 2 N–H and O–H groups in total. The molecule has 29 heavy (non-hydrogen) atoms. The molecule has 0 aliphatic heterocycles. The molecule has 1 heterocycles. The summed E-state index contributed by atoms with van der Waals surface area (Å²) in [5, 5.41) is 7.03. The number of hydrogen-bond donors (Lipinski definition) is 2. The zero-order valence-corrected chi connectivity index (χ0v) is 17.9. The highest BCUT2D eigenvalue weighted by atomic mass is 32.1. The Morgan fingerprint density at radius 1 is 0.793 bits per heavy atom. The molecule has 0 fully saturated rings. The van der Waals surface area contributed by atoms with Crippen LogP contribution in [0.5, 0.6) is 0 Å². The number of hydrogen-bond acceptors (Lipinski definition) is 3. The molecule has 2 amide bonds. The fraction of sp³-hybridized carbons (Fsp3) is 0.333. The first kappa shape index (κ1) is 21.1. The minimum absolute atomic E-state index is 0.0197. The van der Waals surface area contributed by atoms with E-state index in [2.05, 4.69) is 30.5 Å². The molecular formula is C24H28N2O2S. The van der Waals surface area contributed by atoms with E-state index in [4.69, 9.17) is 0 Å². The first-order valence-corrected chi connectivity index (χ1v) is 11.1. The molecule has 4 nitrogen and oxygen atoms in total. The summed E-state index contributed by atoms with van der Waals surface area (Å²) in [5.74, 6) is -0.0474. The summed E-state index contributed by atoms with van der Waals surface area (Å²) in [5.41, 5.74) is 2.45. The van der Waals surface area contributed by atoms with Gasteiger partial charge in [-0.1, -0.05) is 44.9 Å². The number of rotatable bonds is 9. The van der Waals surface area contributed by atoms with Crippen LogP contribution in [-0.4, -0.2) is 24.9 Å². The Labute approximate surface area is 176 Å². The standard InChI is InChI=1S/C24H28N2O2S/c1-3-5-13-25-23(27)18-9-7-17(8-10-18)21-15-19-11-12-20(16-22(19)29-21)24(28)26-14-6-4-2/h7-12,15-16H,3-6,13-14H2,1-2H3,(H,25,27)(H,26,28). The summed E-state index contributed by atoms with van der Waals surface area (Å²) in [6.07, 6.45) is 4.11. The zero-order valence-electron chi connectivity index (χ0n) is 17.1. The number of fused-ring (bicyclic) bond motifs is 1. The molecule has 5 heteroatoms. The van der Waals surface area contributed by atoms with Gasteiger partial charge < -0.3 is 10.6 Å². The maximum Gasteiger partial charge on any atom is 0.251 e. The lowest BCUT2D eigenvalue weighted by molar-refractivity contribution is 0.0945. The molecule has 0 saturated heterocycles. The molecule has 0 aliphatic carbocycles. The monoisotopic (exact) mass is 408 g/mol. The number of carbonyl (C=O) groups excluding carboxylic acids is 2. The predicted octanol–water partition coefficient (Wildman–Crippen LogP) is 5.63. The second kappa shape index (κ2) is 10.2. The third-order valence-corrected chi connectivity index (χ3v) is 5.99. The van der Waals surface area contributed by atoms with Gasteiger partial charge in [-0.3, -0.25) is 9.59 Å². The Morgan fingerprint density at radius 3 is 2.00 bits per heavy atom. The van der Waals surface area contributed by atoms with Gasteiger partial charge in [-0.2, -0.15) is 0 Å². The molecule has 0 radical (unpaired) electrons. The molecule has 2 aromatic carbocycles. The van der Waals surface area contributed by atoms with Crippen molar-refractivity contribution in [3.63, 3.8) is 0 Å². The Kier molecular flexibility index (Phi) is 7.42. The lowest BCUT2D eigenvalue weighted by atomic mass is 10.1. The van der Waals surface area contributed by atoms with Crippen LogP contribution in [0.15, 0.2) is 48.5 Å². The van der Waals surface area contributed by atoms with E-state index in [1.165, 1.54) is 0 Å². The van der Waals surface area contributed by atoms with Crippen molar-refractivity contribution in [3.8, 4) is 10.4 Å². The van der Waals surface area contributed by atoms with Gasteiger partial charge >= 0.3 is 0 Å². The van der Waals surface area contributed by atoms with Gasteiger partial charge in [0.1, 0.15) is 0 Å². The van der Waals surface area contributed by atoms with Crippen molar-refractivity contribution in [1.29, 1.82) is 0 Å². The summed E-state index contributed by atoms with van der Waals surface area (Å²) < 4.78 is 1.09. The van der Waals surface area contributed by atoms with Crippen LogP contribution >= 0.6 is 11.3 Å². The average molecular weight is 409 g/mol. The number of amides is 2. The van der Waals surface area contributed by atoms with Crippen LogP contribution in [0.3, 0.4) is 0 Å². The van der Waals surface area contributed by atoms with Gasteiger partial charge in [0.15, 0.2) is 0 Å². The van der Waals surface area contributed by atoms with Crippen molar-refractivity contribution in [2.45, 2.75) is 39.5 Å². The highest BCUT2D eigenvalue weighted by Crippen LogP contribution is 2.34.